The number of rotatable bonds is 4. The Bertz CT molecular complexity index is 576. The number of nitrogens with zero attached hydrogens (tertiary/aromatic N) is 2. The van der Waals surface area contributed by atoms with Gasteiger partial charge < -0.3 is 11.1 Å². The van der Waals surface area contributed by atoms with Gasteiger partial charge in [-0.2, -0.15) is 0 Å². The number of hydrogen-bond acceptors (Lipinski definition) is 4. The Balaban J connectivity index is 1.79. The van der Waals surface area contributed by atoms with Gasteiger partial charge in [-0.05, 0) is 25.3 Å². The van der Waals surface area contributed by atoms with E-state index in [4.69, 9.17) is 5.73 Å². The van der Waals surface area contributed by atoms with Crippen LogP contribution in [-0.2, 0) is 6.54 Å². The highest BCUT2D eigenvalue weighted by Crippen LogP contribution is 2.39. The number of nitrogens with one attached hydrogen (secondary N) is 1. The van der Waals surface area contributed by atoms with Crippen LogP contribution in [0.15, 0.2) is 30.3 Å². The van der Waals surface area contributed by atoms with Crippen molar-refractivity contribution in [3.8, 4) is 0 Å². The van der Waals surface area contributed by atoms with Crippen LogP contribution in [-0.4, -0.2) is 9.97 Å². The van der Waals surface area contributed by atoms with Crippen molar-refractivity contribution in [3.63, 3.8) is 0 Å². The topological polar surface area (TPSA) is 63.8 Å². The molecule has 98 valence electrons. The summed E-state index contributed by atoms with van der Waals surface area (Å²) in [6, 6.07) is 10.3. The summed E-state index contributed by atoms with van der Waals surface area (Å²) < 4.78 is 0. The Kier molecular flexibility index (Phi) is 3.07. The molecule has 1 fully saturated rings. The predicted octanol–water partition coefficient (Wildman–Crippen LogP) is 2.86. The molecule has 0 spiro atoms. The van der Waals surface area contributed by atoms with E-state index in [0.29, 0.717) is 11.7 Å². The zero-order chi connectivity index (χ0) is 13.2. The number of aromatic nitrogens is 2. The molecule has 0 amide bonds. The van der Waals surface area contributed by atoms with Crippen LogP contribution in [0.5, 0.6) is 0 Å². The smallest absolute Gasteiger partial charge is 0.136 e. The molecule has 0 unspecified atom stereocenters. The highest BCUT2D eigenvalue weighted by atomic mass is 15.1. The molecule has 4 nitrogen and oxygen atoms in total. The fourth-order valence-corrected chi connectivity index (χ4v) is 2.03. The van der Waals surface area contributed by atoms with Gasteiger partial charge in [0.15, 0.2) is 0 Å². The van der Waals surface area contributed by atoms with E-state index in [0.717, 1.165) is 23.8 Å². The largest absolute Gasteiger partial charge is 0.383 e. The van der Waals surface area contributed by atoms with Crippen molar-refractivity contribution in [2.24, 2.45) is 0 Å². The lowest BCUT2D eigenvalue weighted by Gasteiger charge is -2.11. The second-order valence-corrected chi connectivity index (χ2v) is 5.05. The molecular formula is C15H18N4. The maximum atomic E-state index is 5.96. The minimum atomic E-state index is 0.514. The van der Waals surface area contributed by atoms with Crippen LogP contribution in [0.2, 0.25) is 0 Å². The van der Waals surface area contributed by atoms with Crippen LogP contribution in [0.4, 0.5) is 11.6 Å². The standard InChI is InChI=1S/C15H18N4/c1-10-13(16)18-15(12-7-8-12)19-14(10)17-9-11-5-3-2-4-6-11/h2-6,12H,7-9H2,1H3,(H3,16,17,18,19). The maximum absolute atomic E-state index is 5.96. The van der Waals surface area contributed by atoms with E-state index in [1.165, 1.54) is 18.4 Å². The third kappa shape index (κ3) is 2.67. The quantitative estimate of drug-likeness (QED) is 0.880. The lowest BCUT2D eigenvalue weighted by Crippen LogP contribution is -2.09. The fraction of sp³-hybridized carbons (Fsp3) is 0.333. The molecular weight excluding hydrogens is 236 g/mol. The number of nitrogens with two attached hydrogens (primary N) is 1. The van der Waals surface area contributed by atoms with Gasteiger partial charge in [0.1, 0.15) is 17.5 Å². The van der Waals surface area contributed by atoms with E-state index in [1.807, 2.05) is 25.1 Å². The Morgan fingerprint density at radius 3 is 2.63 bits per heavy atom. The van der Waals surface area contributed by atoms with Gasteiger partial charge in [0.25, 0.3) is 0 Å². The third-order valence-corrected chi connectivity index (χ3v) is 3.45. The van der Waals surface area contributed by atoms with E-state index < -0.39 is 0 Å². The number of nitrogen functional groups attached to an aromatic ring is 1. The SMILES string of the molecule is Cc1c(N)nc(C2CC2)nc1NCc1ccccc1. The first-order chi connectivity index (χ1) is 9.24. The van der Waals surface area contributed by atoms with Gasteiger partial charge in [-0.25, -0.2) is 9.97 Å². The van der Waals surface area contributed by atoms with E-state index in [2.05, 4.69) is 27.4 Å². The van der Waals surface area contributed by atoms with Crippen molar-refractivity contribution < 1.29 is 0 Å². The molecule has 0 atom stereocenters. The molecule has 3 N–H and O–H groups in total. The normalized spacial score (nSPS) is 14.4. The van der Waals surface area contributed by atoms with E-state index in [1.54, 1.807) is 0 Å². The molecule has 0 aliphatic heterocycles. The predicted molar refractivity (Wildman–Crippen MR) is 76.9 cm³/mol. The molecule has 4 heteroatoms. The van der Waals surface area contributed by atoms with Crippen molar-refractivity contribution in [2.75, 3.05) is 11.1 Å². The van der Waals surface area contributed by atoms with Crippen molar-refractivity contribution in [2.45, 2.75) is 32.2 Å². The van der Waals surface area contributed by atoms with Gasteiger partial charge in [-0.1, -0.05) is 30.3 Å². The Morgan fingerprint density at radius 2 is 1.95 bits per heavy atom. The Morgan fingerprint density at radius 1 is 1.21 bits per heavy atom. The van der Waals surface area contributed by atoms with E-state index in [9.17, 15) is 0 Å². The van der Waals surface area contributed by atoms with Crippen LogP contribution in [0.25, 0.3) is 0 Å². The zero-order valence-electron chi connectivity index (χ0n) is 11.1. The second-order valence-electron chi connectivity index (χ2n) is 5.05. The first-order valence-electron chi connectivity index (χ1n) is 6.66. The molecule has 19 heavy (non-hydrogen) atoms. The van der Waals surface area contributed by atoms with E-state index >= 15 is 0 Å². The number of hydrogen-bond donors (Lipinski definition) is 2. The summed E-state index contributed by atoms with van der Waals surface area (Å²) >= 11 is 0. The Labute approximate surface area is 113 Å². The van der Waals surface area contributed by atoms with Crippen molar-refractivity contribution in [1.29, 1.82) is 0 Å². The van der Waals surface area contributed by atoms with Crippen LogP contribution in [0.3, 0.4) is 0 Å². The summed E-state index contributed by atoms with van der Waals surface area (Å²) in [5, 5.41) is 3.36. The molecule has 1 aliphatic carbocycles. The van der Waals surface area contributed by atoms with Gasteiger partial charge >= 0.3 is 0 Å². The minimum Gasteiger partial charge on any atom is -0.383 e. The molecule has 1 heterocycles. The molecule has 1 saturated carbocycles. The molecule has 2 aromatic rings. The van der Waals surface area contributed by atoms with Gasteiger partial charge in [0.05, 0.1) is 0 Å². The summed E-state index contributed by atoms with van der Waals surface area (Å²) in [5.41, 5.74) is 8.12. The Hall–Kier alpha value is -2.10. The molecule has 3 rings (SSSR count). The van der Waals surface area contributed by atoms with Gasteiger partial charge in [0.2, 0.25) is 0 Å². The van der Waals surface area contributed by atoms with Crippen molar-refractivity contribution in [1.82, 2.24) is 9.97 Å². The lowest BCUT2D eigenvalue weighted by molar-refractivity contribution is 0.917. The molecule has 0 radical (unpaired) electrons. The molecule has 1 aromatic carbocycles. The molecule has 0 saturated heterocycles. The average molecular weight is 254 g/mol. The fourth-order valence-electron chi connectivity index (χ4n) is 2.03. The molecule has 1 aliphatic rings. The average Bonchev–Trinajstić information content (AvgIpc) is 3.26. The summed E-state index contributed by atoms with van der Waals surface area (Å²) in [6.07, 6.45) is 2.36. The number of benzene rings is 1. The summed E-state index contributed by atoms with van der Waals surface area (Å²) in [7, 11) is 0. The highest BCUT2D eigenvalue weighted by Gasteiger charge is 2.27. The van der Waals surface area contributed by atoms with E-state index in [-0.39, 0.29) is 0 Å². The minimum absolute atomic E-state index is 0.514. The van der Waals surface area contributed by atoms with Crippen LogP contribution in [0.1, 0.15) is 35.7 Å². The summed E-state index contributed by atoms with van der Waals surface area (Å²) in [5.74, 6) is 2.85. The van der Waals surface area contributed by atoms with Gasteiger partial charge in [-0.15, -0.1) is 0 Å². The highest BCUT2D eigenvalue weighted by molar-refractivity contribution is 5.55. The summed E-state index contributed by atoms with van der Waals surface area (Å²) in [4.78, 5) is 8.99. The van der Waals surface area contributed by atoms with Gasteiger partial charge in [-0.3, -0.25) is 0 Å². The first-order valence-corrected chi connectivity index (χ1v) is 6.66. The maximum Gasteiger partial charge on any atom is 0.136 e. The van der Waals surface area contributed by atoms with Crippen LogP contribution >= 0.6 is 0 Å². The molecule has 1 aromatic heterocycles. The molecule has 0 bridgehead atoms. The van der Waals surface area contributed by atoms with Gasteiger partial charge in [0, 0.05) is 18.0 Å². The van der Waals surface area contributed by atoms with Crippen molar-refractivity contribution in [3.05, 3.63) is 47.3 Å². The zero-order valence-corrected chi connectivity index (χ0v) is 11.1. The first kappa shape index (κ1) is 12.0. The van der Waals surface area contributed by atoms with Crippen LogP contribution < -0.4 is 11.1 Å². The lowest BCUT2D eigenvalue weighted by atomic mass is 10.2. The number of anilines is 2. The second kappa shape index (κ2) is 4.88. The summed E-state index contributed by atoms with van der Waals surface area (Å²) in [6.45, 7) is 2.71. The monoisotopic (exact) mass is 254 g/mol. The van der Waals surface area contributed by atoms with Crippen LogP contribution in [0, 0.1) is 6.92 Å². The third-order valence-electron chi connectivity index (χ3n) is 3.45. The van der Waals surface area contributed by atoms with Crippen molar-refractivity contribution >= 4 is 11.6 Å².